The number of carbonyl (C=O) groups excluding carboxylic acids is 2. The van der Waals surface area contributed by atoms with Crippen molar-refractivity contribution in [1.29, 1.82) is 0 Å². The lowest BCUT2D eigenvalue weighted by Crippen LogP contribution is -2.55. The highest BCUT2D eigenvalue weighted by Crippen LogP contribution is 2.87. The van der Waals surface area contributed by atoms with Crippen molar-refractivity contribution in [2.45, 2.75) is 136 Å². The number of aliphatic hydroxyl groups excluding tert-OH is 1. The molecule has 248 valence electrons. The van der Waals surface area contributed by atoms with Crippen LogP contribution >= 0.6 is 0 Å². The molecule has 8 unspecified atom stereocenters. The quantitative estimate of drug-likeness (QED) is 0.315. The van der Waals surface area contributed by atoms with Crippen LogP contribution < -0.4 is 11.1 Å². The molecular weight excluding hydrogens is 548 g/mol. The van der Waals surface area contributed by atoms with E-state index >= 15 is 0 Å². The Kier molecular flexibility index (Phi) is 8.76. The molecule has 6 fully saturated rings. The van der Waals surface area contributed by atoms with Gasteiger partial charge in [0, 0.05) is 34.0 Å². The van der Waals surface area contributed by atoms with Crippen molar-refractivity contribution in [2.75, 3.05) is 20.2 Å². The van der Waals surface area contributed by atoms with E-state index in [1.165, 1.54) is 39.0 Å². The molecule has 5 saturated carbocycles. The van der Waals surface area contributed by atoms with E-state index in [2.05, 4.69) is 26.1 Å². The van der Waals surface area contributed by atoms with Crippen molar-refractivity contribution in [3.8, 4) is 0 Å². The molecule has 0 radical (unpaired) electrons. The van der Waals surface area contributed by atoms with Gasteiger partial charge in [-0.2, -0.15) is 0 Å². The lowest BCUT2D eigenvalue weighted by Gasteiger charge is -2.59. The predicted octanol–water partition coefficient (Wildman–Crippen LogP) is 4.80. The number of carbonyl (C=O) groups is 2. The summed E-state index contributed by atoms with van der Waals surface area (Å²) in [4.78, 5) is 24.3. The fourth-order valence-corrected chi connectivity index (χ4v) is 11.9. The van der Waals surface area contributed by atoms with Gasteiger partial charge in [0.25, 0.3) is 0 Å². The van der Waals surface area contributed by atoms with Crippen molar-refractivity contribution in [3.05, 3.63) is 0 Å². The summed E-state index contributed by atoms with van der Waals surface area (Å²) >= 11 is 0. The Morgan fingerprint density at radius 3 is 2.37 bits per heavy atom. The molecule has 6 aliphatic rings. The minimum atomic E-state index is -1.15. The van der Waals surface area contributed by atoms with Crippen molar-refractivity contribution >= 4 is 12.1 Å². The highest BCUT2D eigenvalue weighted by Gasteiger charge is 2.81. The van der Waals surface area contributed by atoms with Crippen molar-refractivity contribution in [2.24, 2.45) is 51.1 Å². The van der Waals surface area contributed by atoms with Crippen LogP contribution in [0.3, 0.4) is 0 Å². The molecule has 0 aromatic rings. The van der Waals surface area contributed by atoms with Gasteiger partial charge in [-0.05, 0) is 118 Å². The third kappa shape index (κ3) is 5.12. The Morgan fingerprint density at radius 1 is 1.02 bits per heavy atom. The van der Waals surface area contributed by atoms with Crippen molar-refractivity contribution in [3.63, 3.8) is 0 Å². The zero-order valence-corrected chi connectivity index (χ0v) is 27.6. The Morgan fingerprint density at radius 2 is 1.72 bits per heavy atom. The highest BCUT2D eigenvalue weighted by molar-refractivity contribution is 5.67. The van der Waals surface area contributed by atoms with Crippen molar-refractivity contribution < 1.29 is 35.4 Å². The summed E-state index contributed by atoms with van der Waals surface area (Å²) in [6.45, 7) is 12.9. The SMILES string of the molecule is CC(=O)O[C@@H](C1CCC2C(CC3C4CCC5C(C)(C)[C@@H](OC(=O)NCCN)CCC56C[C@@]46CCC23C)O1)C(C)(C)O.CO.[HH]. The molecule has 0 bridgehead atoms. The van der Waals surface area contributed by atoms with E-state index in [0.29, 0.717) is 41.7 Å². The van der Waals surface area contributed by atoms with E-state index < -0.39 is 11.7 Å². The number of ether oxygens (including phenoxy) is 3. The van der Waals surface area contributed by atoms with E-state index in [1.807, 2.05) is 0 Å². The van der Waals surface area contributed by atoms with Gasteiger partial charge in [0.05, 0.1) is 17.8 Å². The zero-order chi connectivity index (χ0) is 31.6. The summed E-state index contributed by atoms with van der Waals surface area (Å²) in [5.74, 6) is 2.12. The number of esters is 1. The molecule has 43 heavy (non-hydrogen) atoms. The standard InChI is InChI=1S/C33H54N2O6.CH4O.H2/c1-19(36)39-27(30(4,5)38)23-9-7-21-24(40-23)17-22-20-8-10-25-29(2,3)26(41-28(37)35-16-15-34)11-12-33(25)18-32(20,33)14-13-31(21,22)6;1-2;/h20-27,38H,7-18,34H2,1-6H3,(H,35,37);2H,1H3;1H/t20?,21?,22?,23?,24?,25?,26-,27-,31?,32-,33?;;/m0../s1. The van der Waals surface area contributed by atoms with Crippen LogP contribution in [0.25, 0.3) is 0 Å². The van der Waals surface area contributed by atoms with Gasteiger partial charge in [0.2, 0.25) is 0 Å². The lowest BCUT2D eigenvalue weighted by atomic mass is 9.46. The van der Waals surface area contributed by atoms with Gasteiger partial charge < -0.3 is 35.5 Å². The van der Waals surface area contributed by atoms with Crippen molar-refractivity contribution in [1.82, 2.24) is 5.32 Å². The first kappa shape index (κ1) is 33.0. The normalized spacial score (nSPS) is 44.5. The molecule has 9 heteroatoms. The van der Waals surface area contributed by atoms with Gasteiger partial charge in [-0.25, -0.2) is 4.79 Å². The topological polar surface area (TPSA) is 140 Å². The lowest BCUT2D eigenvalue weighted by molar-refractivity contribution is -0.200. The van der Waals surface area contributed by atoms with Crippen LogP contribution in [0.15, 0.2) is 0 Å². The minimum Gasteiger partial charge on any atom is -0.457 e. The molecule has 11 atom stereocenters. The number of alkyl carbamates (subject to hydrolysis) is 1. The fourth-order valence-electron chi connectivity index (χ4n) is 11.9. The average Bonchev–Trinajstić information content (AvgIpc) is 3.52. The minimum absolute atomic E-state index is 0. The van der Waals surface area contributed by atoms with Crippen LogP contribution in [0.2, 0.25) is 0 Å². The first-order valence-corrected chi connectivity index (χ1v) is 16.8. The monoisotopic (exact) mass is 608 g/mol. The number of rotatable bonds is 6. The van der Waals surface area contributed by atoms with Gasteiger partial charge >= 0.3 is 12.1 Å². The van der Waals surface area contributed by atoms with E-state index in [9.17, 15) is 14.7 Å². The molecule has 5 N–H and O–H groups in total. The van der Waals surface area contributed by atoms with Gasteiger partial charge in [0.1, 0.15) is 6.10 Å². The molecule has 1 heterocycles. The summed E-state index contributed by atoms with van der Waals surface area (Å²) in [5.41, 5.74) is 5.46. The third-order valence-electron chi connectivity index (χ3n) is 13.5. The number of amides is 1. The first-order chi connectivity index (χ1) is 20.2. The van der Waals surface area contributed by atoms with Crippen LogP contribution in [0.5, 0.6) is 0 Å². The van der Waals surface area contributed by atoms with E-state index in [4.69, 9.17) is 25.1 Å². The van der Waals surface area contributed by atoms with Gasteiger partial charge in [-0.1, -0.05) is 20.8 Å². The molecule has 9 nitrogen and oxygen atoms in total. The number of hydrogen-bond donors (Lipinski definition) is 4. The molecule has 1 amide bonds. The maximum Gasteiger partial charge on any atom is 0.407 e. The molecule has 0 aromatic heterocycles. The second-order valence-corrected chi connectivity index (χ2v) is 16.1. The summed E-state index contributed by atoms with van der Waals surface area (Å²) < 4.78 is 18.4. The number of nitrogens with one attached hydrogen (secondary N) is 1. The summed E-state index contributed by atoms with van der Waals surface area (Å²) in [7, 11) is 1.00. The second-order valence-electron chi connectivity index (χ2n) is 16.1. The number of nitrogens with two attached hydrogens (primary N) is 1. The van der Waals surface area contributed by atoms with Crippen LogP contribution in [0.1, 0.15) is 107 Å². The van der Waals surface area contributed by atoms with E-state index in [-0.39, 0.29) is 42.6 Å². The van der Waals surface area contributed by atoms with Gasteiger partial charge in [0.15, 0.2) is 6.10 Å². The van der Waals surface area contributed by atoms with E-state index in [0.717, 1.165) is 45.1 Å². The Hall–Kier alpha value is -1.42. The Balaban J connectivity index is 0.00000144. The maximum absolute atomic E-state index is 12.5. The predicted molar refractivity (Wildman–Crippen MR) is 165 cm³/mol. The largest absolute Gasteiger partial charge is 0.457 e. The summed E-state index contributed by atoms with van der Waals surface area (Å²) in [5, 5.41) is 20.6. The molecule has 0 aromatic carbocycles. The van der Waals surface area contributed by atoms with Gasteiger partial charge in [-0.15, -0.1) is 0 Å². The van der Waals surface area contributed by atoms with Crippen LogP contribution in [-0.2, 0) is 19.0 Å². The number of aliphatic hydroxyl groups is 2. The van der Waals surface area contributed by atoms with E-state index in [1.54, 1.807) is 13.8 Å². The Labute approximate surface area is 259 Å². The number of fused-ring (bicyclic) bond motifs is 4. The van der Waals surface area contributed by atoms with Crippen LogP contribution in [-0.4, -0.2) is 72.5 Å². The first-order valence-electron chi connectivity index (χ1n) is 16.8. The summed E-state index contributed by atoms with van der Waals surface area (Å²) in [6, 6.07) is 0. The molecule has 1 saturated heterocycles. The van der Waals surface area contributed by atoms with Crippen LogP contribution in [0.4, 0.5) is 4.79 Å². The molecule has 5 aliphatic carbocycles. The zero-order valence-electron chi connectivity index (χ0n) is 27.6. The number of hydrogen-bond acceptors (Lipinski definition) is 8. The van der Waals surface area contributed by atoms with Gasteiger partial charge in [-0.3, -0.25) is 4.79 Å². The molecule has 1 aliphatic heterocycles. The smallest absolute Gasteiger partial charge is 0.407 e. The maximum atomic E-state index is 12.5. The molecule has 6 rings (SSSR count). The second kappa shape index (κ2) is 11.4. The Bertz CT molecular complexity index is 1070. The van der Waals surface area contributed by atoms with Crippen LogP contribution in [0, 0.1) is 45.3 Å². The molecular formula is C34H60N2O7. The average molecular weight is 609 g/mol. The third-order valence-corrected chi connectivity index (χ3v) is 13.5. The molecule has 2 spiro atoms. The summed E-state index contributed by atoms with van der Waals surface area (Å²) in [6.07, 6.45) is 10.3. The highest BCUT2D eigenvalue weighted by atomic mass is 16.6. The fraction of sp³-hybridized carbons (Fsp3) is 0.941.